The first-order chi connectivity index (χ1) is 11.5. The fourth-order valence-electron chi connectivity index (χ4n) is 2.46. The van der Waals surface area contributed by atoms with Crippen molar-refractivity contribution in [2.45, 2.75) is 24.2 Å². The number of thiophene rings is 1. The van der Waals surface area contributed by atoms with Crippen LogP contribution in [0.25, 0.3) is 0 Å². The van der Waals surface area contributed by atoms with Crippen LogP contribution in [0.2, 0.25) is 5.02 Å². The van der Waals surface area contributed by atoms with E-state index in [1.54, 1.807) is 12.1 Å². The Morgan fingerprint density at radius 1 is 1.25 bits per heavy atom. The molecule has 1 amide bonds. The quantitative estimate of drug-likeness (QED) is 0.876. The van der Waals surface area contributed by atoms with Crippen molar-refractivity contribution in [2.24, 2.45) is 0 Å². The van der Waals surface area contributed by atoms with Crippen LogP contribution in [0.1, 0.15) is 28.9 Å². The van der Waals surface area contributed by atoms with Crippen LogP contribution in [-0.2, 0) is 10.0 Å². The van der Waals surface area contributed by atoms with Crippen molar-refractivity contribution < 1.29 is 13.2 Å². The first-order valence-corrected chi connectivity index (χ1v) is 10.2. The Balaban J connectivity index is 1.74. The van der Waals surface area contributed by atoms with Crippen LogP contribution in [-0.4, -0.2) is 36.7 Å². The number of carbonyl (C=O) groups is 1. The molecule has 6 nitrogen and oxygen atoms in total. The van der Waals surface area contributed by atoms with Gasteiger partial charge in [0.1, 0.15) is 5.82 Å². The number of carbonyl (C=O) groups excluding carboxylic acids is 1. The minimum absolute atomic E-state index is 0.170. The number of anilines is 1. The zero-order chi connectivity index (χ0) is 17.2. The third-order valence-corrected chi connectivity index (χ3v) is 6.90. The first kappa shape index (κ1) is 17.3. The number of nitrogens with zero attached hydrogens (tertiary/aromatic N) is 2. The van der Waals surface area contributed by atoms with Gasteiger partial charge in [0.15, 0.2) is 0 Å². The van der Waals surface area contributed by atoms with E-state index in [0.717, 1.165) is 30.6 Å². The van der Waals surface area contributed by atoms with Crippen LogP contribution in [0.15, 0.2) is 34.7 Å². The summed E-state index contributed by atoms with van der Waals surface area (Å²) in [4.78, 5) is 16.7. The summed E-state index contributed by atoms with van der Waals surface area (Å²) in [6.45, 7) is 1.07. The largest absolute Gasteiger partial charge is 0.306 e. The summed E-state index contributed by atoms with van der Waals surface area (Å²) >= 11 is 6.85. The van der Waals surface area contributed by atoms with Crippen molar-refractivity contribution in [2.75, 3.05) is 18.4 Å². The molecule has 1 N–H and O–H groups in total. The minimum atomic E-state index is -3.52. The van der Waals surface area contributed by atoms with Gasteiger partial charge in [-0.3, -0.25) is 4.79 Å². The van der Waals surface area contributed by atoms with Crippen LogP contribution in [0.3, 0.4) is 0 Å². The molecule has 128 valence electrons. The molecule has 0 unspecified atom stereocenters. The summed E-state index contributed by atoms with van der Waals surface area (Å²) in [6, 6.07) is 4.61. The summed E-state index contributed by atoms with van der Waals surface area (Å²) in [6.07, 6.45) is 4.23. The molecular formula is C15H16ClN3O3S2. The molecule has 1 fully saturated rings. The van der Waals surface area contributed by atoms with E-state index < -0.39 is 15.9 Å². The fourth-order valence-corrected chi connectivity index (χ4v) is 5.24. The smallest absolute Gasteiger partial charge is 0.266 e. The van der Waals surface area contributed by atoms with E-state index in [4.69, 9.17) is 11.6 Å². The molecule has 3 rings (SSSR count). The molecule has 0 aliphatic carbocycles. The minimum Gasteiger partial charge on any atom is -0.306 e. The Hall–Kier alpha value is -1.48. The summed E-state index contributed by atoms with van der Waals surface area (Å²) in [5.74, 6) is -0.0341. The second-order valence-electron chi connectivity index (χ2n) is 5.43. The SMILES string of the molecule is O=C(Nc1ccc(Cl)cn1)c1cc(S(=O)(=O)N2CCCCC2)cs1. The van der Waals surface area contributed by atoms with Crippen LogP contribution < -0.4 is 5.32 Å². The van der Waals surface area contributed by atoms with Gasteiger partial charge in [-0.05, 0) is 31.0 Å². The summed E-state index contributed by atoms with van der Waals surface area (Å²) in [7, 11) is -3.52. The number of aromatic nitrogens is 1. The highest BCUT2D eigenvalue weighted by Crippen LogP contribution is 2.25. The molecule has 1 aliphatic rings. The second kappa shape index (κ2) is 7.18. The van der Waals surface area contributed by atoms with Gasteiger partial charge in [0.2, 0.25) is 10.0 Å². The molecule has 0 bridgehead atoms. The molecule has 0 atom stereocenters. The van der Waals surface area contributed by atoms with Crippen molar-refractivity contribution in [3.8, 4) is 0 Å². The van der Waals surface area contributed by atoms with Gasteiger partial charge in [-0.2, -0.15) is 4.31 Å². The van der Waals surface area contributed by atoms with Crippen LogP contribution in [0, 0.1) is 0 Å². The molecule has 24 heavy (non-hydrogen) atoms. The molecule has 9 heteroatoms. The summed E-state index contributed by atoms with van der Waals surface area (Å²) in [5, 5.41) is 4.60. The number of pyridine rings is 1. The number of sulfonamides is 1. The molecule has 3 heterocycles. The molecule has 0 spiro atoms. The molecule has 2 aromatic heterocycles. The number of nitrogens with one attached hydrogen (secondary N) is 1. The predicted octanol–water partition coefficient (Wildman–Crippen LogP) is 3.22. The molecule has 0 aromatic carbocycles. The van der Waals surface area contributed by atoms with Crippen LogP contribution >= 0.6 is 22.9 Å². The third-order valence-electron chi connectivity index (χ3n) is 3.72. The number of piperidine rings is 1. The topological polar surface area (TPSA) is 79.4 Å². The van der Waals surface area contributed by atoms with E-state index in [2.05, 4.69) is 10.3 Å². The van der Waals surface area contributed by atoms with E-state index in [9.17, 15) is 13.2 Å². The standard InChI is InChI=1S/C15H16ClN3O3S2/c16-11-4-5-14(17-9-11)18-15(20)13-8-12(10-23-13)24(21,22)19-6-2-1-3-7-19/h4-5,8-10H,1-3,6-7H2,(H,17,18,20). The van der Waals surface area contributed by atoms with E-state index in [0.29, 0.717) is 28.8 Å². The molecule has 0 saturated carbocycles. The first-order valence-electron chi connectivity index (χ1n) is 7.48. The lowest BCUT2D eigenvalue weighted by Gasteiger charge is -2.25. The Bertz CT molecular complexity index is 828. The van der Waals surface area contributed by atoms with Gasteiger partial charge in [-0.25, -0.2) is 13.4 Å². The average Bonchev–Trinajstić information content (AvgIpc) is 3.09. The maximum absolute atomic E-state index is 12.6. The molecule has 1 saturated heterocycles. The number of hydrogen-bond acceptors (Lipinski definition) is 5. The zero-order valence-electron chi connectivity index (χ0n) is 12.7. The Morgan fingerprint density at radius 2 is 2.00 bits per heavy atom. The maximum atomic E-state index is 12.6. The number of rotatable bonds is 4. The van der Waals surface area contributed by atoms with E-state index in [1.807, 2.05) is 0 Å². The van der Waals surface area contributed by atoms with Gasteiger partial charge in [-0.15, -0.1) is 11.3 Å². The van der Waals surface area contributed by atoms with Gasteiger partial charge in [-0.1, -0.05) is 18.0 Å². The fraction of sp³-hybridized carbons (Fsp3) is 0.333. The lowest BCUT2D eigenvalue weighted by Crippen LogP contribution is -2.35. The molecule has 2 aromatic rings. The molecular weight excluding hydrogens is 370 g/mol. The number of hydrogen-bond donors (Lipinski definition) is 1. The monoisotopic (exact) mass is 385 g/mol. The normalized spacial score (nSPS) is 16.0. The van der Waals surface area contributed by atoms with E-state index in [1.165, 1.54) is 21.9 Å². The van der Waals surface area contributed by atoms with Crippen LogP contribution in [0.4, 0.5) is 5.82 Å². The third kappa shape index (κ3) is 3.77. The summed E-state index contributed by atoms with van der Waals surface area (Å²) < 4.78 is 26.7. The van der Waals surface area contributed by atoms with Crippen molar-refractivity contribution in [1.29, 1.82) is 0 Å². The van der Waals surface area contributed by atoms with Crippen molar-refractivity contribution in [3.05, 3.63) is 39.7 Å². The maximum Gasteiger partial charge on any atom is 0.266 e. The second-order valence-corrected chi connectivity index (χ2v) is 8.71. The zero-order valence-corrected chi connectivity index (χ0v) is 15.1. The van der Waals surface area contributed by atoms with Gasteiger partial charge < -0.3 is 5.32 Å². The molecule has 0 radical (unpaired) electrons. The lowest BCUT2D eigenvalue weighted by atomic mass is 10.2. The van der Waals surface area contributed by atoms with Gasteiger partial charge in [0, 0.05) is 24.7 Å². The predicted molar refractivity (Wildman–Crippen MR) is 94.1 cm³/mol. The Morgan fingerprint density at radius 3 is 2.67 bits per heavy atom. The van der Waals surface area contributed by atoms with Crippen molar-refractivity contribution >= 4 is 44.7 Å². The molecule has 1 aliphatic heterocycles. The highest BCUT2D eigenvalue weighted by molar-refractivity contribution is 7.89. The van der Waals surface area contributed by atoms with Gasteiger partial charge in [0.05, 0.1) is 14.8 Å². The average molecular weight is 386 g/mol. The van der Waals surface area contributed by atoms with Crippen molar-refractivity contribution in [1.82, 2.24) is 9.29 Å². The highest BCUT2D eigenvalue weighted by Gasteiger charge is 2.27. The van der Waals surface area contributed by atoms with Crippen LogP contribution in [0.5, 0.6) is 0 Å². The highest BCUT2D eigenvalue weighted by atomic mass is 35.5. The lowest BCUT2D eigenvalue weighted by molar-refractivity contribution is 0.103. The summed E-state index contributed by atoms with van der Waals surface area (Å²) in [5.41, 5.74) is 0. The Labute approximate surface area is 149 Å². The Kier molecular flexibility index (Phi) is 5.19. The van der Waals surface area contributed by atoms with E-state index in [-0.39, 0.29) is 4.90 Å². The van der Waals surface area contributed by atoms with Gasteiger partial charge >= 0.3 is 0 Å². The van der Waals surface area contributed by atoms with Gasteiger partial charge in [0.25, 0.3) is 5.91 Å². The van der Waals surface area contributed by atoms with Crippen molar-refractivity contribution in [3.63, 3.8) is 0 Å². The number of halogens is 1. The number of amides is 1. The van der Waals surface area contributed by atoms with E-state index >= 15 is 0 Å².